The predicted octanol–water partition coefficient (Wildman–Crippen LogP) is 1.95. The molecular weight excluding hydrogens is 204 g/mol. The van der Waals surface area contributed by atoms with Crippen LogP contribution in [0.25, 0.3) is 11.3 Å². The second-order valence-corrected chi connectivity index (χ2v) is 4.93. The van der Waals surface area contributed by atoms with E-state index in [1.165, 1.54) is 6.20 Å². The molecule has 2 heterocycles. The van der Waals surface area contributed by atoms with E-state index in [2.05, 4.69) is 31.0 Å². The highest BCUT2D eigenvalue weighted by molar-refractivity contribution is 5.72. The van der Waals surface area contributed by atoms with Gasteiger partial charge in [-0.1, -0.05) is 25.9 Å². The summed E-state index contributed by atoms with van der Waals surface area (Å²) in [7, 11) is 1.88. The molecule has 0 fully saturated rings. The summed E-state index contributed by atoms with van der Waals surface area (Å²) in [5, 5.41) is 8.15. The molecule has 0 radical (unpaired) electrons. The highest BCUT2D eigenvalue weighted by Crippen LogP contribution is 2.34. The quantitative estimate of drug-likeness (QED) is 0.797. The van der Waals surface area contributed by atoms with Crippen molar-refractivity contribution in [3.8, 4) is 11.3 Å². The molecule has 0 aliphatic rings. The van der Waals surface area contributed by atoms with Gasteiger partial charge in [0.15, 0.2) is 5.76 Å². The SMILES string of the molecule is Cn1cc(-c2oncc2N)c(C(C)(C)C)n1. The van der Waals surface area contributed by atoms with Gasteiger partial charge in [-0.2, -0.15) is 5.10 Å². The van der Waals surface area contributed by atoms with Gasteiger partial charge in [-0.05, 0) is 0 Å². The van der Waals surface area contributed by atoms with Gasteiger partial charge in [0, 0.05) is 18.7 Å². The molecule has 0 bridgehead atoms. The fourth-order valence-electron chi connectivity index (χ4n) is 1.66. The number of nitrogen functional groups attached to an aromatic ring is 1. The third-order valence-corrected chi connectivity index (χ3v) is 2.38. The molecule has 0 atom stereocenters. The molecule has 0 saturated heterocycles. The highest BCUT2D eigenvalue weighted by atomic mass is 16.5. The number of anilines is 1. The van der Waals surface area contributed by atoms with Crippen LogP contribution in [0.5, 0.6) is 0 Å². The van der Waals surface area contributed by atoms with Crippen molar-refractivity contribution in [1.29, 1.82) is 0 Å². The van der Waals surface area contributed by atoms with E-state index in [9.17, 15) is 0 Å². The molecule has 5 heteroatoms. The van der Waals surface area contributed by atoms with Crippen molar-refractivity contribution in [3.05, 3.63) is 18.1 Å². The van der Waals surface area contributed by atoms with Crippen LogP contribution in [-0.2, 0) is 12.5 Å². The summed E-state index contributed by atoms with van der Waals surface area (Å²) in [6.07, 6.45) is 3.41. The van der Waals surface area contributed by atoms with Gasteiger partial charge in [-0.3, -0.25) is 4.68 Å². The van der Waals surface area contributed by atoms with E-state index in [-0.39, 0.29) is 5.41 Å². The van der Waals surface area contributed by atoms with Gasteiger partial charge >= 0.3 is 0 Å². The maximum atomic E-state index is 5.80. The monoisotopic (exact) mass is 220 g/mol. The lowest BCUT2D eigenvalue weighted by atomic mass is 9.89. The summed E-state index contributed by atoms with van der Waals surface area (Å²) in [4.78, 5) is 0. The molecule has 2 aromatic heterocycles. The first kappa shape index (κ1) is 10.7. The predicted molar refractivity (Wildman–Crippen MR) is 61.8 cm³/mol. The Morgan fingerprint density at radius 1 is 1.38 bits per heavy atom. The third kappa shape index (κ3) is 1.68. The highest BCUT2D eigenvalue weighted by Gasteiger charge is 2.25. The van der Waals surface area contributed by atoms with Crippen LogP contribution in [0.4, 0.5) is 5.69 Å². The number of aromatic nitrogens is 3. The van der Waals surface area contributed by atoms with E-state index in [0.29, 0.717) is 11.4 Å². The van der Waals surface area contributed by atoms with Crippen LogP contribution < -0.4 is 5.73 Å². The average Bonchev–Trinajstić information content (AvgIpc) is 2.70. The zero-order valence-corrected chi connectivity index (χ0v) is 9.98. The fraction of sp³-hybridized carbons (Fsp3) is 0.455. The Bertz CT molecular complexity index is 504. The summed E-state index contributed by atoms with van der Waals surface area (Å²) in [5.41, 5.74) is 8.15. The molecule has 0 aliphatic carbocycles. The van der Waals surface area contributed by atoms with Crippen molar-refractivity contribution in [3.63, 3.8) is 0 Å². The number of hydrogen-bond donors (Lipinski definition) is 1. The van der Waals surface area contributed by atoms with Crippen molar-refractivity contribution in [2.24, 2.45) is 7.05 Å². The molecule has 0 spiro atoms. The Labute approximate surface area is 94.2 Å². The van der Waals surface area contributed by atoms with Crippen LogP contribution in [0.2, 0.25) is 0 Å². The lowest BCUT2D eigenvalue weighted by Gasteiger charge is -2.16. The summed E-state index contributed by atoms with van der Waals surface area (Å²) < 4.78 is 6.93. The van der Waals surface area contributed by atoms with Gasteiger partial charge in [0.25, 0.3) is 0 Å². The minimum Gasteiger partial charge on any atom is -0.394 e. The lowest BCUT2D eigenvalue weighted by molar-refractivity contribution is 0.431. The Morgan fingerprint density at radius 2 is 2.06 bits per heavy atom. The zero-order valence-electron chi connectivity index (χ0n) is 9.98. The maximum Gasteiger partial charge on any atom is 0.193 e. The second-order valence-electron chi connectivity index (χ2n) is 4.93. The average molecular weight is 220 g/mol. The first-order valence-corrected chi connectivity index (χ1v) is 5.14. The zero-order chi connectivity index (χ0) is 11.9. The third-order valence-electron chi connectivity index (χ3n) is 2.38. The lowest BCUT2D eigenvalue weighted by Crippen LogP contribution is -2.13. The number of hydrogen-bond acceptors (Lipinski definition) is 4. The minimum atomic E-state index is -0.0597. The molecule has 0 aliphatic heterocycles. The molecule has 0 amide bonds. The van der Waals surface area contributed by atoms with Crippen LogP contribution in [0, 0.1) is 0 Å². The first-order valence-electron chi connectivity index (χ1n) is 5.14. The van der Waals surface area contributed by atoms with Crippen molar-refractivity contribution < 1.29 is 4.52 Å². The fourth-order valence-corrected chi connectivity index (χ4v) is 1.66. The summed E-state index contributed by atoms with van der Waals surface area (Å²) in [6, 6.07) is 0. The van der Waals surface area contributed by atoms with Crippen LogP contribution in [0.15, 0.2) is 16.9 Å². The maximum absolute atomic E-state index is 5.80. The number of nitrogens with zero attached hydrogens (tertiary/aromatic N) is 3. The molecule has 0 aromatic carbocycles. The van der Waals surface area contributed by atoms with Gasteiger partial charge in [-0.25, -0.2) is 0 Å². The topological polar surface area (TPSA) is 69.9 Å². The van der Waals surface area contributed by atoms with Crippen LogP contribution in [0.1, 0.15) is 26.5 Å². The molecule has 2 aromatic rings. The van der Waals surface area contributed by atoms with Gasteiger partial charge in [-0.15, -0.1) is 0 Å². The number of aryl methyl sites for hydroxylation is 1. The molecule has 0 saturated carbocycles. The summed E-state index contributed by atoms with van der Waals surface area (Å²) >= 11 is 0. The van der Waals surface area contributed by atoms with Crippen molar-refractivity contribution >= 4 is 5.69 Å². The Kier molecular flexibility index (Phi) is 2.26. The largest absolute Gasteiger partial charge is 0.394 e. The van der Waals surface area contributed by atoms with Crippen LogP contribution in [-0.4, -0.2) is 14.9 Å². The van der Waals surface area contributed by atoms with E-state index in [4.69, 9.17) is 10.3 Å². The molecule has 2 N–H and O–H groups in total. The molecule has 86 valence electrons. The van der Waals surface area contributed by atoms with Crippen LogP contribution >= 0.6 is 0 Å². The van der Waals surface area contributed by atoms with Gasteiger partial charge < -0.3 is 10.3 Å². The van der Waals surface area contributed by atoms with Gasteiger partial charge in [0.2, 0.25) is 0 Å². The van der Waals surface area contributed by atoms with E-state index in [0.717, 1.165) is 11.3 Å². The van der Waals surface area contributed by atoms with E-state index in [1.54, 1.807) is 4.68 Å². The summed E-state index contributed by atoms with van der Waals surface area (Å²) in [6.45, 7) is 6.31. The standard InChI is InChI=1S/C11H16N4O/c1-11(2,3)10-7(6-15(4)14-10)9-8(12)5-13-16-9/h5-6H,12H2,1-4H3. The van der Waals surface area contributed by atoms with E-state index < -0.39 is 0 Å². The number of nitrogens with two attached hydrogens (primary N) is 1. The summed E-state index contributed by atoms with van der Waals surface area (Å²) in [5.74, 6) is 0.595. The van der Waals surface area contributed by atoms with E-state index >= 15 is 0 Å². The Morgan fingerprint density at radius 3 is 2.56 bits per heavy atom. The second kappa shape index (κ2) is 3.37. The van der Waals surface area contributed by atoms with Crippen molar-refractivity contribution in [1.82, 2.24) is 14.9 Å². The normalized spacial score (nSPS) is 12.0. The van der Waals surface area contributed by atoms with Crippen LogP contribution in [0.3, 0.4) is 0 Å². The smallest absolute Gasteiger partial charge is 0.193 e. The minimum absolute atomic E-state index is 0.0597. The molecule has 5 nitrogen and oxygen atoms in total. The molecule has 2 rings (SSSR count). The molecule has 0 unspecified atom stereocenters. The molecule has 16 heavy (non-hydrogen) atoms. The van der Waals surface area contributed by atoms with Crippen molar-refractivity contribution in [2.45, 2.75) is 26.2 Å². The van der Waals surface area contributed by atoms with E-state index in [1.807, 2.05) is 13.2 Å². The number of rotatable bonds is 1. The first-order chi connectivity index (χ1) is 7.39. The Balaban J connectivity index is 2.62. The van der Waals surface area contributed by atoms with Gasteiger partial charge in [0.1, 0.15) is 5.69 Å². The van der Waals surface area contributed by atoms with Gasteiger partial charge in [0.05, 0.1) is 17.5 Å². The molecular formula is C11H16N4O. The Hall–Kier alpha value is -1.78. The van der Waals surface area contributed by atoms with Crippen molar-refractivity contribution in [2.75, 3.05) is 5.73 Å².